The molecule has 282 valence electrons. The van der Waals surface area contributed by atoms with Crippen LogP contribution in [0.4, 0.5) is 0 Å². The van der Waals surface area contributed by atoms with E-state index in [1.54, 1.807) is 0 Å². The molecule has 1 heterocycles. The number of carbonyl (C=O) groups excluding carboxylic acids is 1. The molecule has 1 aliphatic heterocycles. The summed E-state index contributed by atoms with van der Waals surface area (Å²) >= 11 is 0. The van der Waals surface area contributed by atoms with Crippen LogP contribution in [0.5, 0.6) is 5.75 Å². The lowest BCUT2D eigenvalue weighted by atomic mass is 9.33. The summed E-state index contributed by atoms with van der Waals surface area (Å²) in [4.78, 5) is 16.3. The van der Waals surface area contributed by atoms with E-state index in [0.29, 0.717) is 46.2 Å². The van der Waals surface area contributed by atoms with Gasteiger partial charge in [0.2, 0.25) is 0 Å². The zero-order valence-corrected chi connectivity index (χ0v) is 33.7. The van der Waals surface area contributed by atoms with Crippen LogP contribution in [0.3, 0.4) is 0 Å². The van der Waals surface area contributed by atoms with E-state index in [0.717, 1.165) is 24.3 Å². The first kappa shape index (κ1) is 37.4. The summed E-state index contributed by atoms with van der Waals surface area (Å²) in [5.74, 6) is 4.88. The predicted octanol–water partition coefficient (Wildman–Crippen LogP) is 9.49. The van der Waals surface area contributed by atoms with Crippen molar-refractivity contribution in [1.82, 2.24) is 15.1 Å². The number of hydrogen-bond donors (Lipinski definition) is 1. The van der Waals surface area contributed by atoms with Gasteiger partial charge >= 0.3 is 0 Å². The molecule has 5 fully saturated rings. The van der Waals surface area contributed by atoms with Crippen molar-refractivity contribution in [2.24, 2.45) is 57.2 Å². The van der Waals surface area contributed by atoms with Crippen LogP contribution in [0.25, 0.3) is 5.57 Å². The summed E-state index contributed by atoms with van der Waals surface area (Å²) in [6.45, 7) is 33.9. The van der Waals surface area contributed by atoms with E-state index in [2.05, 4.69) is 95.3 Å². The Bertz CT molecular complexity index is 1470. The molecule has 7 rings (SSSR count). The van der Waals surface area contributed by atoms with Crippen LogP contribution >= 0.6 is 0 Å². The zero-order chi connectivity index (χ0) is 36.4. The predicted molar refractivity (Wildman–Crippen MR) is 211 cm³/mol. The van der Waals surface area contributed by atoms with Gasteiger partial charge in [-0.2, -0.15) is 0 Å². The molecule has 1 aromatic rings. The van der Waals surface area contributed by atoms with Gasteiger partial charge in [-0.3, -0.25) is 9.69 Å². The average molecular weight is 698 g/mol. The highest BCUT2D eigenvalue weighted by Gasteiger charge is 2.70. The van der Waals surface area contributed by atoms with Crippen LogP contribution in [-0.4, -0.2) is 67.6 Å². The summed E-state index contributed by atoms with van der Waals surface area (Å²) in [6.07, 6.45) is 14.5. The number of rotatable bonds is 10. The van der Waals surface area contributed by atoms with Gasteiger partial charge in [-0.25, -0.2) is 0 Å². The molecule has 0 aromatic heterocycles. The first-order valence-electron chi connectivity index (χ1n) is 20.9. The molecule has 9 atom stereocenters. The Morgan fingerprint density at radius 2 is 1.61 bits per heavy atom. The number of carbonyl (C=O) groups is 1. The van der Waals surface area contributed by atoms with Crippen molar-refractivity contribution < 1.29 is 9.53 Å². The van der Waals surface area contributed by atoms with Crippen LogP contribution in [-0.2, 0) is 4.79 Å². The summed E-state index contributed by atoms with van der Waals surface area (Å²) in [7, 11) is 0. The maximum Gasteiger partial charge on any atom is 0.298 e. The van der Waals surface area contributed by atoms with Crippen LogP contribution in [0.15, 0.2) is 42.5 Å². The molecular formula is C46H71N3O2. The van der Waals surface area contributed by atoms with Crippen LogP contribution in [0.1, 0.15) is 119 Å². The van der Waals surface area contributed by atoms with Gasteiger partial charge < -0.3 is 15.0 Å². The third-order valence-corrected chi connectivity index (χ3v) is 17.0. The number of ether oxygens (including phenoxy) is 1. The van der Waals surface area contributed by atoms with Crippen molar-refractivity contribution in [1.29, 1.82) is 0 Å². The first-order valence-corrected chi connectivity index (χ1v) is 20.9. The van der Waals surface area contributed by atoms with E-state index in [-0.39, 0.29) is 11.0 Å². The number of nitrogens with one attached hydrogen (secondary N) is 1. The van der Waals surface area contributed by atoms with Gasteiger partial charge in [0, 0.05) is 51.4 Å². The molecule has 0 spiro atoms. The molecule has 6 aliphatic rings. The molecule has 0 amide bonds. The fourth-order valence-corrected chi connectivity index (χ4v) is 14.5. The normalized spacial score (nSPS) is 40.8. The van der Waals surface area contributed by atoms with E-state index >= 15 is 0 Å². The van der Waals surface area contributed by atoms with Crippen molar-refractivity contribution >= 4 is 12.0 Å². The molecule has 51 heavy (non-hydrogen) atoms. The minimum Gasteiger partial charge on any atom is -0.429 e. The summed E-state index contributed by atoms with van der Waals surface area (Å²) in [6, 6.07) is 8.21. The van der Waals surface area contributed by atoms with Gasteiger partial charge in [0.05, 0.1) is 0 Å². The summed E-state index contributed by atoms with van der Waals surface area (Å²) in [5.41, 5.74) is 5.55. The van der Waals surface area contributed by atoms with E-state index in [9.17, 15) is 4.79 Å². The van der Waals surface area contributed by atoms with Gasteiger partial charge in [-0.15, -0.1) is 0 Å². The number of benzene rings is 1. The Morgan fingerprint density at radius 1 is 0.902 bits per heavy atom. The van der Waals surface area contributed by atoms with Gasteiger partial charge in [0.1, 0.15) is 5.75 Å². The molecule has 5 nitrogen and oxygen atoms in total. The quantitative estimate of drug-likeness (QED) is 0.195. The SMILES string of the molecule is C=C(C)[C@@H]1CC[C@]2(NCCN3CCN(CC(C)C)CC3)CC[C@]3(C)[C@H](CC[C@@H]4[C@@]5(C)CC=C(c6ccc(OC=O)cc6)C(C)(C)[C@@H]5CC[C@]43C)[C@@H]12. The summed E-state index contributed by atoms with van der Waals surface area (Å²) in [5, 5.41) is 4.37. The average Bonchev–Trinajstić information content (AvgIpc) is 3.46. The third-order valence-electron chi connectivity index (χ3n) is 17.0. The van der Waals surface area contributed by atoms with Gasteiger partial charge in [0.25, 0.3) is 6.47 Å². The molecule has 1 saturated heterocycles. The second-order valence-corrected chi connectivity index (χ2v) is 20.1. The van der Waals surface area contributed by atoms with Crippen molar-refractivity contribution in [3.05, 3.63) is 48.1 Å². The van der Waals surface area contributed by atoms with E-state index in [1.165, 1.54) is 114 Å². The van der Waals surface area contributed by atoms with Gasteiger partial charge in [-0.1, -0.05) is 78.8 Å². The maximum atomic E-state index is 10.9. The smallest absolute Gasteiger partial charge is 0.298 e. The van der Waals surface area contributed by atoms with E-state index in [4.69, 9.17) is 4.74 Å². The molecule has 5 heteroatoms. The highest BCUT2D eigenvalue weighted by atomic mass is 16.5. The monoisotopic (exact) mass is 698 g/mol. The fraction of sp³-hybridized carbons (Fsp3) is 0.761. The van der Waals surface area contributed by atoms with Crippen LogP contribution < -0.4 is 10.1 Å². The Balaban J connectivity index is 1.10. The van der Waals surface area contributed by atoms with Crippen molar-refractivity contribution in [2.75, 3.05) is 45.8 Å². The first-order chi connectivity index (χ1) is 24.2. The van der Waals surface area contributed by atoms with Crippen molar-refractivity contribution in [3.8, 4) is 5.75 Å². The Morgan fingerprint density at radius 3 is 2.27 bits per heavy atom. The van der Waals surface area contributed by atoms with E-state index in [1.807, 2.05) is 12.1 Å². The number of allylic oxidation sites excluding steroid dienone is 3. The molecule has 1 N–H and O–H groups in total. The number of nitrogens with zero attached hydrogens (tertiary/aromatic N) is 2. The molecule has 0 radical (unpaired) electrons. The standard InChI is InChI=1S/C46H71N3O2/c1-32(2)30-49-28-26-48(27-29-49)25-24-47-46-21-16-36(33(3)4)41(46)38-14-15-40-43(7)19-17-37(34-10-12-35(13-11-34)51-31-50)42(5,6)39(43)18-20-45(40,9)44(38,8)22-23-46/h10-13,17,31-32,36,38-41,47H,3,14-16,18-30H2,1-2,4-9H3/t36-,38+,39-,40+,41+,43-,44+,45+,46-/m0/s1. The van der Waals surface area contributed by atoms with Gasteiger partial charge in [0.15, 0.2) is 0 Å². The molecule has 4 saturated carbocycles. The van der Waals surface area contributed by atoms with E-state index < -0.39 is 0 Å². The third kappa shape index (κ3) is 6.12. The summed E-state index contributed by atoms with van der Waals surface area (Å²) < 4.78 is 5.12. The highest BCUT2D eigenvalue weighted by molar-refractivity contribution is 5.72. The molecule has 0 unspecified atom stereocenters. The number of hydrogen-bond acceptors (Lipinski definition) is 5. The van der Waals surface area contributed by atoms with Crippen LogP contribution in [0.2, 0.25) is 0 Å². The minimum atomic E-state index is 0.0856. The van der Waals surface area contributed by atoms with Gasteiger partial charge in [-0.05, 0) is 145 Å². The molecule has 1 aromatic carbocycles. The van der Waals surface area contributed by atoms with Crippen LogP contribution in [0, 0.1) is 57.2 Å². The molecule has 5 aliphatic carbocycles. The number of fused-ring (bicyclic) bond motifs is 7. The zero-order valence-electron chi connectivity index (χ0n) is 33.7. The Labute approximate surface area is 311 Å². The number of piperazine rings is 1. The maximum absolute atomic E-state index is 10.9. The van der Waals surface area contributed by atoms with Crippen molar-refractivity contribution in [2.45, 2.75) is 119 Å². The Kier molecular flexibility index (Phi) is 10.1. The van der Waals surface area contributed by atoms with Crippen molar-refractivity contribution in [3.63, 3.8) is 0 Å². The second-order valence-electron chi connectivity index (χ2n) is 20.1. The highest BCUT2D eigenvalue weighted by Crippen LogP contribution is 2.76. The Hall–Kier alpha value is -1.95. The lowest BCUT2D eigenvalue weighted by Crippen LogP contribution is -2.68. The lowest BCUT2D eigenvalue weighted by Gasteiger charge is -2.72. The molecule has 0 bridgehead atoms. The largest absolute Gasteiger partial charge is 0.429 e. The second kappa shape index (κ2) is 13.7. The topological polar surface area (TPSA) is 44.8 Å². The lowest BCUT2D eigenvalue weighted by molar-refractivity contribution is -0.219. The minimum absolute atomic E-state index is 0.0856. The molecular weight excluding hydrogens is 627 g/mol. The fourth-order valence-electron chi connectivity index (χ4n) is 14.5.